The number of hydrogen-bond acceptors (Lipinski definition) is 0. The molecule has 0 nitrogen and oxygen atoms in total. The normalized spacial score (nSPS) is 0. The molecule has 0 spiro atoms. The maximum Gasteiger partial charge on any atom is 2.00 e. The van der Waals surface area contributed by atoms with Gasteiger partial charge in [-0.3, -0.25) is 0 Å². The summed E-state index contributed by atoms with van der Waals surface area (Å²) in [5.41, 5.74) is 0. The standard InChI is InChI=1S/La.Mn.Sc.Sr.2H/q;;;+2;2*-1. The van der Waals surface area contributed by atoms with E-state index in [0.29, 0.717) is 0 Å². The van der Waals surface area contributed by atoms with E-state index < -0.39 is 0 Å². The van der Waals surface area contributed by atoms with Crippen molar-refractivity contribution < 1.29 is 81.4 Å². The molecule has 0 N–H and O–H groups in total. The van der Waals surface area contributed by atoms with Crippen LogP contribution in [-0.2, 0) is 42.9 Å². The van der Waals surface area contributed by atoms with Crippen LogP contribution in [0.15, 0.2) is 0 Å². The molecular weight excluding hydrogens is 326 g/mol. The largest absolute Gasteiger partial charge is 2.00 e. The van der Waals surface area contributed by atoms with Crippen molar-refractivity contribution in [3.63, 3.8) is 0 Å². The topological polar surface area (TPSA) is 0 Å². The van der Waals surface area contributed by atoms with Crippen molar-refractivity contribution in [3.05, 3.63) is 0 Å². The Labute approximate surface area is 123 Å². The van der Waals surface area contributed by atoms with Crippen LogP contribution in [0.25, 0.3) is 0 Å². The summed E-state index contributed by atoms with van der Waals surface area (Å²) in [4.78, 5) is 0. The SMILES string of the molecule is [H-].[H-].[La].[Mn].[Sc].[Sr+2]. The van der Waals surface area contributed by atoms with E-state index in [1.165, 1.54) is 0 Å². The Hall–Kier alpha value is 4.06. The molecule has 0 aromatic rings. The van der Waals surface area contributed by atoms with Gasteiger partial charge in [0.15, 0.2) is 0 Å². The van der Waals surface area contributed by atoms with Gasteiger partial charge >= 0.3 is 45.5 Å². The molecule has 0 unspecified atom stereocenters. The molecule has 4 heteroatoms. The van der Waals surface area contributed by atoms with Crippen molar-refractivity contribution in [1.29, 1.82) is 0 Å². The summed E-state index contributed by atoms with van der Waals surface area (Å²) < 4.78 is 0. The van der Waals surface area contributed by atoms with E-state index in [1.807, 2.05) is 0 Å². The van der Waals surface area contributed by atoms with E-state index in [1.54, 1.807) is 0 Å². The van der Waals surface area contributed by atoms with Crippen molar-refractivity contribution in [1.82, 2.24) is 0 Å². The van der Waals surface area contributed by atoms with Crippen LogP contribution in [0, 0.1) is 35.6 Å². The van der Waals surface area contributed by atoms with Crippen LogP contribution >= 0.6 is 0 Å². The molecule has 0 aliphatic carbocycles. The predicted octanol–water partition coefficient (Wildman–Crippen LogP) is -0.161. The summed E-state index contributed by atoms with van der Waals surface area (Å²) in [6, 6.07) is 0. The van der Waals surface area contributed by atoms with Gasteiger partial charge in [0, 0.05) is 78.5 Å². The fraction of sp³-hybridized carbons (Fsp3) is 0. The van der Waals surface area contributed by atoms with Crippen LogP contribution in [0.2, 0.25) is 0 Å². The third-order valence-electron chi connectivity index (χ3n) is 0. The van der Waals surface area contributed by atoms with Crippen molar-refractivity contribution >= 4 is 45.5 Å². The van der Waals surface area contributed by atoms with E-state index in [2.05, 4.69) is 0 Å². The quantitative estimate of drug-likeness (QED) is 0.542. The van der Waals surface area contributed by atoms with Gasteiger partial charge in [-0.05, 0) is 0 Å². The maximum atomic E-state index is 0. The second-order valence-electron chi connectivity index (χ2n) is 0. The van der Waals surface area contributed by atoms with Crippen molar-refractivity contribution in [2.45, 2.75) is 0 Å². The van der Waals surface area contributed by atoms with Crippen LogP contribution in [0.1, 0.15) is 2.85 Å². The Bertz CT molecular complexity index is 13.5. The summed E-state index contributed by atoms with van der Waals surface area (Å²) in [5, 5.41) is 0. The molecule has 0 rings (SSSR count). The van der Waals surface area contributed by atoms with Gasteiger partial charge in [-0.1, -0.05) is 0 Å². The van der Waals surface area contributed by atoms with Crippen molar-refractivity contribution in [3.8, 4) is 0 Å². The van der Waals surface area contributed by atoms with Gasteiger partial charge in [-0.25, -0.2) is 0 Å². The van der Waals surface area contributed by atoms with Gasteiger partial charge in [-0.15, -0.1) is 0 Å². The first kappa shape index (κ1) is 24.4. The zero-order chi connectivity index (χ0) is 0. The molecule has 0 saturated carbocycles. The van der Waals surface area contributed by atoms with Crippen molar-refractivity contribution in [2.24, 2.45) is 0 Å². The van der Waals surface area contributed by atoms with Gasteiger partial charge in [0.1, 0.15) is 0 Å². The molecule has 4 heavy (non-hydrogen) atoms. The Morgan fingerprint density at radius 2 is 1.25 bits per heavy atom. The van der Waals surface area contributed by atoms with Crippen LogP contribution < -0.4 is 0 Å². The van der Waals surface area contributed by atoms with E-state index in [-0.39, 0.29) is 127 Å². The second-order valence-corrected chi connectivity index (χ2v) is 0. The molecule has 0 aliphatic rings. The summed E-state index contributed by atoms with van der Waals surface area (Å²) in [7, 11) is 0. The Balaban J connectivity index is 0. The van der Waals surface area contributed by atoms with E-state index in [9.17, 15) is 0 Å². The molecule has 0 amide bonds. The van der Waals surface area contributed by atoms with Gasteiger partial charge in [0.25, 0.3) is 0 Å². The molecule has 0 aromatic carbocycles. The summed E-state index contributed by atoms with van der Waals surface area (Å²) in [6.07, 6.45) is 0. The van der Waals surface area contributed by atoms with E-state index in [0.717, 1.165) is 0 Å². The smallest absolute Gasteiger partial charge is 1.00 e. The van der Waals surface area contributed by atoms with Gasteiger partial charge in [0.2, 0.25) is 0 Å². The Morgan fingerprint density at radius 3 is 1.25 bits per heavy atom. The summed E-state index contributed by atoms with van der Waals surface area (Å²) in [6.45, 7) is 0. The number of hydrogen-bond donors (Lipinski definition) is 0. The first-order chi connectivity index (χ1) is 0. The first-order valence-electron chi connectivity index (χ1n) is 0. The average Bonchev–Trinajstić information content (AvgIpc) is 0. The third kappa shape index (κ3) is 9.42. The predicted molar refractivity (Wildman–Crippen MR) is 7.98 cm³/mol. The molecule has 0 saturated heterocycles. The zero-order valence-corrected chi connectivity index (χ0v) is 12.3. The summed E-state index contributed by atoms with van der Waals surface area (Å²) in [5.74, 6) is 0. The number of rotatable bonds is 0. The average molecular weight is 328 g/mol. The minimum atomic E-state index is 0. The molecule has 0 aromatic heterocycles. The molecular formula is H2LaMnScSr. The Morgan fingerprint density at radius 1 is 1.25 bits per heavy atom. The van der Waals surface area contributed by atoms with E-state index >= 15 is 0 Å². The fourth-order valence-corrected chi connectivity index (χ4v) is 0. The molecule has 0 bridgehead atoms. The molecule has 0 atom stereocenters. The van der Waals surface area contributed by atoms with Gasteiger partial charge in [-0.2, -0.15) is 0 Å². The zero-order valence-electron chi connectivity index (χ0n) is 4.24. The van der Waals surface area contributed by atoms with Crippen LogP contribution in [0.3, 0.4) is 0 Å². The molecule has 0 fully saturated rings. The van der Waals surface area contributed by atoms with Gasteiger partial charge in [0.05, 0.1) is 0 Å². The van der Waals surface area contributed by atoms with Gasteiger partial charge < -0.3 is 2.85 Å². The van der Waals surface area contributed by atoms with Crippen LogP contribution in [0.5, 0.6) is 0 Å². The Kier molecular flexibility index (Phi) is 95.8. The third-order valence-corrected chi connectivity index (χ3v) is 0. The van der Waals surface area contributed by atoms with E-state index in [4.69, 9.17) is 0 Å². The molecule has 0 heterocycles. The second kappa shape index (κ2) is 15.7. The maximum absolute atomic E-state index is 0. The molecule has 17 valence electrons. The minimum absolute atomic E-state index is 0. The summed E-state index contributed by atoms with van der Waals surface area (Å²) >= 11 is 0. The molecule has 0 aliphatic heterocycles. The van der Waals surface area contributed by atoms with Crippen LogP contribution in [0.4, 0.5) is 0 Å². The minimum Gasteiger partial charge on any atom is -1.00 e. The first-order valence-corrected chi connectivity index (χ1v) is 0. The molecule has 3 radical (unpaired) electrons. The van der Waals surface area contributed by atoms with Crippen molar-refractivity contribution in [2.75, 3.05) is 0 Å². The monoisotopic (exact) mass is 329 g/mol. The fourth-order valence-electron chi connectivity index (χ4n) is 0. The van der Waals surface area contributed by atoms with Crippen LogP contribution in [-0.4, -0.2) is 45.5 Å².